The van der Waals surface area contributed by atoms with Crippen LogP contribution in [0.25, 0.3) is 0 Å². The second kappa shape index (κ2) is 7.50. The van der Waals surface area contributed by atoms with E-state index in [2.05, 4.69) is 0 Å². The van der Waals surface area contributed by atoms with Crippen molar-refractivity contribution in [3.05, 3.63) is 60.2 Å². The van der Waals surface area contributed by atoms with Crippen molar-refractivity contribution in [2.24, 2.45) is 0 Å². The molecule has 0 bridgehead atoms. The molecular weight excluding hydrogens is 278 g/mol. The Morgan fingerprint density at radius 1 is 1.05 bits per heavy atom. The SMILES string of the molecule is COc1ccc(O[C@@H](C)C(=O)N(C)Cc2ccccc2)cc1. The van der Waals surface area contributed by atoms with Crippen LogP contribution in [0.5, 0.6) is 11.5 Å². The summed E-state index contributed by atoms with van der Waals surface area (Å²) in [6, 6.07) is 17.1. The Balaban J connectivity index is 1.93. The lowest BCUT2D eigenvalue weighted by atomic mass is 10.2. The minimum absolute atomic E-state index is 0.0559. The third-order valence-electron chi connectivity index (χ3n) is 3.36. The number of carbonyl (C=O) groups is 1. The van der Waals surface area contributed by atoms with E-state index in [-0.39, 0.29) is 5.91 Å². The van der Waals surface area contributed by atoms with E-state index in [1.807, 2.05) is 30.3 Å². The maximum absolute atomic E-state index is 12.4. The summed E-state index contributed by atoms with van der Waals surface area (Å²) in [6.45, 7) is 2.32. The highest BCUT2D eigenvalue weighted by molar-refractivity contribution is 5.80. The molecule has 0 aliphatic rings. The summed E-state index contributed by atoms with van der Waals surface area (Å²) in [5.74, 6) is 1.35. The van der Waals surface area contributed by atoms with Gasteiger partial charge in [0.2, 0.25) is 0 Å². The average Bonchev–Trinajstić information content (AvgIpc) is 2.55. The third-order valence-corrected chi connectivity index (χ3v) is 3.36. The van der Waals surface area contributed by atoms with Crippen molar-refractivity contribution < 1.29 is 14.3 Å². The van der Waals surface area contributed by atoms with Crippen molar-refractivity contribution in [1.29, 1.82) is 0 Å². The molecule has 2 aromatic carbocycles. The van der Waals surface area contributed by atoms with Crippen LogP contribution < -0.4 is 9.47 Å². The number of hydrogen-bond acceptors (Lipinski definition) is 3. The van der Waals surface area contributed by atoms with E-state index in [0.29, 0.717) is 12.3 Å². The van der Waals surface area contributed by atoms with Gasteiger partial charge in [0.1, 0.15) is 11.5 Å². The Bertz CT molecular complexity index is 595. The Morgan fingerprint density at radius 2 is 1.64 bits per heavy atom. The lowest BCUT2D eigenvalue weighted by Gasteiger charge is -2.22. The standard InChI is InChI=1S/C18H21NO3/c1-14(22-17-11-9-16(21-3)10-12-17)18(20)19(2)13-15-7-5-4-6-8-15/h4-12,14H,13H2,1-3H3/t14-/m0/s1. The molecule has 1 atom stereocenters. The summed E-state index contributed by atoms with van der Waals surface area (Å²) in [4.78, 5) is 14.0. The number of benzene rings is 2. The van der Waals surface area contributed by atoms with Gasteiger partial charge in [0.25, 0.3) is 5.91 Å². The molecule has 4 heteroatoms. The fourth-order valence-electron chi connectivity index (χ4n) is 2.15. The van der Waals surface area contributed by atoms with Gasteiger partial charge >= 0.3 is 0 Å². The van der Waals surface area contributed by atoms with E-state index >= 15 is 0 Å². The second-order valence-corrected chi connectivity index (χ2v) is 5.12. The molecule has 0 N–H and O–H groups in total. The molecule has 0 spiro atoms. The topological polar surface area (TPSA) is 38.8 Å². The van der Waals surface area contributed by atoms with Crippen LogP contribution >= 0.6 is 0 Å². The first-order valence-electron chi connectivity index (χ1n) is 7.20. The van der Waals surface area contributed by atoms with Crippen LogP contribution in [0.1, 0.15) is 12.5 Å². The molecule has 0 unspecified atom stereocenters. The van der Waals surface area contributed by atoms with Gasteiger partial charge < -0.3 is 14.4 Å². The van der Waals surface area contributed by atoms with Crippen LogP contribution in [0.3, 0.4) is 0 Å². The third kappa shape index (κ3) is 4.25. The van der Waals surface area contributed by atoms with Gasteiger partial charge in [-0.25, -0.2) is 0 Å². The number of hydrogen-bond donors (Lipinski definition) is 0. The molecule has 0 saturated carbocycles. The van der Waals surface area contributed by atoms with Crippen molar-refractivity contribution in [1.82, 2.24) is 4.90 Å². The zero-order valence-corrected chi connectivity index (χ0v) is 13.2. The smallest absolute Gasteiger partial charge is 0.263 e. The van der Waals surface area contributed by atoms with Crippen LogP contribution in [-0.4, -0.2) is 31.1 Å². The number of nitrogens with zero attached hydrogens (tertiary/aromatic N) is 1. The Morgan fingerprint density at radius 3 is 2.23 bits per heavy atom. The predicted octanol–water partition coefficient (Wildman–Crippen LogP) is 3.12. The van der Waals surface area contributed by atoms with E-state index in [1.165, 1.54) is 0 Å². The maximum Gasteiger partial charge on any atom is 0.263 e. The van der Waals surface area contributed by atoms with Crippen LogP contribution in [-0.2, 0) is 11.3 Å². The largest absolute Gasteiger partial charge is 0.497 e. The molecule has 0 radical (unpaired) electrons. The molecule has 0 aromatic heterocycles. The summed E-state index contributed by atoms with van der Waals surface area (Å²) in [5, 5.41) is 0. The van der Waals surface area contributed by atoms with Gasteiger partial charge in [-0.3, -0.25) is 4.79 Å². The van der Waals surface area contributed by atoms with E-state index in [4.69, 9.17) is 9.47 Å². The molecular formula is C18H21NO3. The lowest BCUT2D eigenvalue weighted by Crippen LogP contribution is -2.37. The first kappa shape index (κ1) is 15.9. The second-order valence-electron chi connectivity index (χ2n) is 5.12. The molecule has 0 saturated heterocycles. The normalized spacial score (nSPS) is 11.6. The number of methoxy groups -OCH3 is 1. The zero-order chi connectivity index (χ0) is 15.9. The van der Waals surface area contributed by atoms with Gasteiger partial charge in [0, 0.05) is 13.6 Å². The molecule has 0 aliphatic carbocycles. The summed E-state index contributed by atoms with van der Waals surface area (Å²) in [5.41, 5.74) is 1.09. The number of likely N-dealkylation sites (N-methyl/N-ethyl adjacent to an activating group) is 1. The van der Waals surface area contributed by atoms with Crippen LogP contribution in [0, 0.1) is 0 Å². The average molecular weight is 299 g/mol. The van der Waals surface area contributed by atoms with Gasteiger partial charge in [-0.1, -0.05) is 30.3 Å². The Hall–Kier alpha value is -2.49. The molecule has 1 amide bonds. The minimum Gasteiger partial charge on any atom is -0.497 e. The van der Waals surface area contributed by atoms with E-state index in [9.17, 15) is 4.79 Å². The van der Waals surface area contributed by atoms with Gasteiger partial charge in [0.15, 0.2) is 6.10 Å². The number of amides is 1. The molecule has 0 aliphatic heterocycles. The molecule has 4 nitrogen and oxygen atoms in total. The number of rotatable bonds is 6. The fourth-order valence-corrected chi connectivity index (χ4v) is 2.15. The van der Waals surface area contributed by atoms with E-state index in [0.717, 1.165) is 11.3 Å². The van der Waals surface area contributed by atoms with Gasteiger partial charge in [-0.2, -0.15) is 0 Å². The van der Waals surface area contributed by atoms with Gasteiger partial charge in [0.05, 0.1) is 7.11 Å². The van der Waals surface area contributed by atoms with Crippen LogP contribution in [0.4, 0.5) is 0 Å². The molecule has 0 fully saturated rings. The Labute approximate surface area is 131 Å². The highest BCUT2D eigenvalue weighted by Crippen LogP contribution is 2.18. The Kier molecular flexibility index (Phi) is 5.42. The molecule has 0 heterocycles. The van der Waals surface area contributed by atoms with Gasteiger partial charge in [-0.05, 0) is 36.8 Å². The lowest BCUT2D eigenvalue weighted by molar-refractivity contribution is -0.137. The van der Waals surface area contributed by atoms with E-state index in [1.54, 1.807) is 50.2 Å². The highest BCUT2D eigenvalue weighted by atomic mass is 16.5. The molecule has 22 heavy (non-hydrogen) atoms. The van der Waals surface area contributed by atoms with Crippen LogP contribution in [0.2, 0.25) is 0 Å². The molecule has 116 valence electrons. The van der Waals surface area contributed by atoms with Crippen molar-refractivity contribution in [3.63, 3.8) is 0 Å². The number of ether oxygens (including phenoxy) is 2. The molecule has 2 rings (SSSR count). The van der Waals surface area contributed by atoms with Crippen molar-refractivity contribution >= 4 is 5.91 Å². The summed E-state index contributed by atoms with van der Waals surface area (Å²) < 4.78 is 10.8. The number of carbonyl (C=O) groups excluding carboxylic acids is 1. The van der Waals surface area contributed by atoms with E-state index < -0.39 is 6.10 Å². The predicted molar refractivity (Wildman–Crippen MR) is 86.0 cm³/mol. The highest BCUT2D eigenvalue weighted by Gasteiger charge is 2.19. The minimum atomic E-state index is -0.540. The van der Waals surface area contributed by atoms with Gasteiger partial charge in [-0.15, -0.1) is 0 Å². The molecule has 2 aromatic rings. The fraction of sp³-hybridized carbons (Fsp3) is 0.278. The first-order valence-corrected chi connectivity index (χ1v) is 7.20. The van der Waals surface area contributed by atoms with Crippen LogP contribution in [0.15, 0.2) is 54.6 Å². The summed E-state index contributed by atoms with van der Waals surface area (Å²) in [6.07, 6.45) is -0.540. The van der Waals surface area contributed by atoms with Crippen molar-refractivity contribution in [3.8, 4) is 11.5 Å². The first-order chi connectivity index (χ1) is 10.6. The monoisotopic (exact) mass is 299 g/mol. The van der Waals surface area contributed by atoms with Crippen molar-refractivity contribution in [2.45, 2.75) is 19.6 Å². The summed E-state index contributed by atoms with van der Waals surface area (Å²) in [7, 11) is 3.39. The van der Waals surface area contributed by atoms with Crippen molar-refractivity contribution in [2.75, 3.05) is 14.2 Å². The maximum atomic E-state index is 12.4. The summed E-state index contributed by atoms with van der Waals surface area (Å²) >= 11 is 0. The quantitative estimate of drug-likeness (QED) is 0.822. The zero-order valence-electron chi connectivity index (χ0n) is 13.2.